The van der Waals surface area contributed by atoms with Crippen LogP contribution in [0.2, 0.25) is 0 Å². The minimum absolute atomic E-state index is 0.0401. The molecule has 0 atom stereocenters. The van der Waals surface area contributed by atoms with Gasteiger partial charge in [-0.3, -0.25) is 9.89 Å². The standard InChI is InChI=1S/C17H14FN5OS/c18-12-3-1-4-13(11(12)10-19)20-6-7-21-17(24)15-9-14(22-23-15)16-5-2-8-25-16/h1-5,8-9,20H,6-7H2,(H,21,24)(H,22,23). The van der Waals surface area contributed by atoms with Crippen LogP contribution in [0.3, 0.4) is 0 Å². The Morgan fingerprint density at radius 1 is 1.32 bits per heavy atom. The smallest absolute Gasteiger partial charge is 0.271 e. The summed E-state index contributed by atoms with van der Waals surface area (Å²) in [6, 6.07) is 11.7. The van der Waals surface area contributed by atoms with Crippen molar-refractivity contribution in [3.05, 3.63) is 58.9 Å². The molecular formula is C17H14FN5OS. The van der Waals surface area contributed by atoms with Gasteiger partial charge in [-0.15, -0.1) is 11.3 Å². The van der Waals surface area contributed by atoms with Crippen LogP contribution in [0.15, 0.2) is 41.8 Å². The number of nitriles is 1. The van der Waals surface area contributed by atoms with Crippen LogP contribution in [0, 0.1) is 17.1 Å². The maximum absolute atomic E-state index is 13.5. The number of carbonyl (C=O) groups excluding carboxylic acids is 1. The van der Waals surface area contributed by atoms with Gasteiger partial charge in [0.1, 0.15) is 17.4 Å². The Hall–Kier alpha value is -3.18. The number of hydrogen-bond donors (Lipinski definition) is 3. The van der Waals surface area contributed by atoms with Crippen molar-refractivity contribution in [2.24, 2.45) is 0 Å². The average Bonchev–Trinajstić information content (AvgIpc) is 3.29. The Morgan fingerprint density at radius 3 is 2.96 bits per heavy atom. The van der Waals surface area contributed by atoms with Gasteiger partial charge in [-0.25, -0.2) is 4.39 Å². The van der Waals surface area contributed by atoms with Gasteiger partial charge in [-0.1, -0.05) is 12.1 Å². The average molecular weight is 355 g/mol. The maximum atomic E-state index is 13.5. The molecule has 126 valence electrons. The molecule has 2 heterocycles. The summed E-state index contributed by atoms with van der Waals surface area (Å²) in [7, 11) is 0. The third-order valence-corrected chi connectivity index (χ3v) is 4.35. The van der Waals surface area contributed by atoms with E-state index in [0.717, 1.165) is 10.6 Å². The molecule has 0 aliphatic heterocycles. The molecule has 0 aliphatic rings. The SMILES string of the molecule is N#Cc1c(F)cccc1NCCNC(=O)c1cc(-c2cccs2)[nH]n1. The third-order valence-electron chi connectivity index (χ3n) is 3.45. The molecule has 25 heavy (non-hydrogen) atoms. The highest BCUT2D eigenvalue weighted by molar-refractivity contribution is 7.13. The van der Waals surface area contributed by atoms with Crippen molar-refractivity contribution in [3.8, 4) is 16.6 Å². The molecule has 0 aliphatic carbocycles. The second-order valence-corrected chi connectivity index (χ2v) is 6.05. The highest BCUT2D eigenvalue weighted by Crippen LogP contribution is 2.22. The number of amides is 1. The molecule has 3 N–H and O–H groups in total. The van der Waals surface area contributed by atoms with E-state index in [-0.39, 0.29) is 11.5 Å². The molecule has 0 radical (unpaired) electrons. The van der Waals surface area contributed by atoms with Gasteiger partial charge < -0.3 is 10.6 Å². The number of anilines is 1. The first kappa shape index (κ1) is 16.7. The van der Waals surface area contributed by atoms with E-state index in [9.17, 15) is 9.18 Å². The van der Waals surface area contributed by atoms with Crippen molar-refractivity contribution >= 4 is 22.9 Å². The summed E-state index contributed by atoms with van der Waals surface area (Å²) in [4.78, 5) is 13.1. The number of thiophene rings is 1. The molecule has 0 bridgehead atoms. The van der Waals surface area contributed by atoms with Gasteiger partial charge in [-0.05, 0) is 29.6 Å². The largest absolute Gasteiger partial charge is 0.382 e. The minimum atomic E-state index is -0.575. The molecule has 0 saturated heterocycles. The number of halogens is 1. The first-order chi connectivity index (χ1) is 12.2. The minimum Gasteiger partial charge on any atom is -0.382 e. The lowest BCUT2D eigenvalue weighted by Crippen LogP contribution is -2.29. The zero-order valence-electron chi connectivity index (χ0n) is 13.0. The summed E-state index contributed by atoms with van der Waals surface area (Å²) in [6.45, 7) is 0.660. The summed E-state index contributed by atoms with van der Waals surface area (Å²) in [6.07, 6.45) is 0. The van der Waals surface area contributed by atoms with Crippen molar-refractivity contribution in [1.29, 1.82) is 5.26 Å². The third kappa shape index (κ3) is 3.84. The molecule has 8 heteroatoms. The molecule has 3 rings (SSSR count). The van der Waals surface area contributed by atoms with Crippen LogP contribution >= 0.6 is 11.3 Å². The van der Waals surface area contributed by atoms with E-state index in [2.05, 4.69) is 20.8 Å². The Balaban J connectivity index is 1.52. The van der Waals surface area contributed by atoms with E-state index >= 15 is 0 Å². The lowest BCUT2D eigenvalue weighted by molar-refractivity contribution is 0.0950. The van der Waals surface area contributed by atoms with Crippen molar-refractivity contribution in [2.75, 3.05) is 18.4 Å². The van der Waals surface area contributed by atoms with Gasteiger partial charge in [-0.2, -0.15) is 10.4 Å². The number of carbonyl (C=O) groups is 1. The summed E-state index contributed by atoms with van der Waals surface area (Å²) in [5, 5.41) is 23.4. The van der Waals surface area contributed by atoms with Crippen molar-refractivity contribution in [2.45, 2.75) is 0 Å². The molecule has 0 fully saturated rings. The topological polar surface area (TPSA) is 93.6 Å². The molecular weight excluding hydrogens is 341 g/mol. The Labute approximate surface area is 147 Å². The molecule has 6 nitrogen and oxygen atoms in total. The maximum Gasteiger partial charge on any atom is 0.271 e. The molecule has 0 unspecified atom stereocenters. The van der Waals surface area contributed by atoms with Crippen molar-refractivity contribution < 1.29 is 9.18 Å². The number of rotatable bonds is 6. The van der Waals surface area contributed by atoms with Crippen molar-refractivity contribution in [1.82, 2.24) is 15.5 Å². The van der Waals surface area contributed by atoms with E-state index < -0.39 is 5.82 Å². The second kappa shape index (κ2) is 7.59. The summed E-state index contributed by atoms with van der Waals surface area (Å²) in [5.41, 5.74) is 1.45. The summed E-state index contributed by atoms with van der Waals surface area (Å²) in [5.74, 6) is -0.880. The van der Waals surface area contributed by atoms with Crippen LogP contribution in [-0.4, -0.2) is 29.2 Å². The van der Waals surface area contributed by atoms with E-state index in [1.807, 2.05) is 23.6 Å². The number of benzene rings is 1. The quantitative estimate of drug-likeness (QED) is 0.593. The molecule has 3 aromatic rings. The fourth-order valence-electron chi connectivity index (χ4n) is 2.24. The Bertz CT molecular complexity index is 914. The van der Waals surface area contributed by atoms with Gasteiger partial charge in [0.15, 0.2) is 5.69 Å². The highest BCUT2D eigenvalue weighted by Gasteiger charge is 2.12. The van der Waals surface area contributed by atoms with E-state index in [4.69, 9.17) is 5.26 Å². The fraction of sp³-hybridized carbons (Fsp3) is 0.118. The van der Waals surface area contributed by atoms with Gasteiger partial charge in [0, 0.05) is 13.1 Å². The highest BCUT2D eigenvalue weighted by atomic mass is 32.1. The number of nitrogens with one attached hydrogen (secondary N) is 3. The van der Waals surface area contributed by atoms with Crippen LogP contribution in [0.1, 0.15) is 16.1 Å². The van der Waals surface area contributed by atoms with Crippen molar-refractivity contribution in [3.63, 3.8) is 0 Å². The summed E-state index contributed by atoms with van der Waals surface area (Å²) >= 11 is 1.55. The molecule has 2 aromatic heterocycles. The zero-order valence-corrected chi connectivity index (χ0v) is 13.9. The first-order valence-electron chi connectivity index (χ1n) is 7.49. The number of hydrogen-bond acceptors (Lipinski definition) is 5. The monoisotopic (exact) mass is 355 g/mol. The van der Waals surface area contributed by atoms with Crippen LogP contribution in [0.5, 0.6) is 0 Å². The number of H-pyrrole nitrogens is 1. The van der Waals surface area contributed by atoms with Crippen LogP contribution in [0.25, 0.3) is 10.6 Å². The first-order valence-corrected chi connectivity index (χ1v) is 8.37. The zero-order chi connectivity index (χ0) is 17.6. The lowest BCUT2D eigenvalue weighted by Gasteiger charge is -2.09. The Kier molecular flexibility index (Phi) is 5.06. The van der Waals surface area contributed by atoms with Crippen LogP contribution < -0.4 is 10.6 Å². The Morgan fingerprint density at radius 2 is 2.20 bits per heavy atom. The predicted octanol–water partition coefficient (Wildman–Crippen LogP) is 2.99. The van der Waals surface area contributed by atoms with E-state index in [1.54, 1.807) is 23.5 Å². The fourth-order valence-corrected chi connectivity index (χ4v) is 2.94. The molecule has 0 saturated carbocycles. The van der Waals surface area contributed by atoms with Gasteiger partial charge in [0.2, 0.25) is 0 Å². The van der Waals surface area contributed by atoms with E-state index in [0.29, 0.717) is 24.5 Å². The van der Waals surface area contributed by atoms with Crippen LogP contribution in [0.4, 0.5) is 10.1 Å². The van der Waals surface area contributed by atoms with Gasteiger partial charge in [0.05, 0.1) is 16.3 Å². The lowest BCUT2D eigenvalue weighted by atomic mass is 10.2. The number of aromatic nitrogens is 2. The van der Waals surface area contributed by atoms with Gasteiger partial charge >= 0.3 is 0 Å². The molecule has 1 amide bonds. The molecule has 0 spiro atoms. The van der Waals surface area contributed by atoms with E-state index in [1.165, 1.54) is 12.1 Å². The van der Waals surface area contributed by atoms with Crippen LogP contribution in [-0.2, 0) is 0 Å². The molecule has 1 aromatic carbocycles. The number of aromatic amines is 1. The number of nitrogens with zero attached hydrogens (tertiary/aromatic N) is 2. The second-order valence-electron chi connectivity index (χ2n) is 5.10. The predicted molar refractivity (Wildman–Crippen MR) is 93.8 cm³/mol. The van der Waals surface area contributed by atoms with Gasteiger partial charge in [0.25, 0.3) is 5.91 Å². The summed E-state index contributed by atoms with van der Waals surface area (Å²) < 4.78 is 13.5. The normalized spacial score (nSPS) is 10.2.